The van der Waals surface area contributed by atoms with Crippen LogP contribution >= 0.6 is 11.8 Å². The SMILES string of the molecule is Cc1ccc(-c2nnc(SCC(=O)Nc3ccccc3C(=O)NC(C)c3ccccc3)n2C)cc1. The van der Waals surface area contributed by atoms with Gasteiger partial charge in [-0.15, -0.1) is 10.2 Å². The number of aromatic nitrogens is 3. The van der Waals surface area contributed by atoms with Gasteiger partial charge in [0, 0.05) is 12.6 Å². The fourth-order valence-corrected chi connectivity index (χ4v) is 4.31. The number of carbonyl (C=O) groups is 2. The van der Waals surface area contributed by atoms with Crippen molar-refractivity contribution in [1.29, 1.82) is 0 Å². The molecule has 1 aromatic heterocycles. The molecule has 4 aromatic rings. The molecule has 178 valence electrons. The lowest BCUT2D eigenvalue weighted by Gasteiger charge is -2.16. The van der Waals surface area contributed by atoms with Crippen molar-refractivity contribution < 1.29 is 9.59 Å². The molecular weight excluding hydrogens is 458 g/mol. The summed E-state index contributed by atoms with van der Waals surface area (Å²) in [4.78, 5) is 25.6. The smallest absolute Gasteiger partial charge is 0.253 e. The van der Waals surface area contributed by atoms with E-state index in [0.29, 0.717) is 16.4 Å². The van der Waals surface area contributed by atoms with Gasteiger partial charge in [-0.3, -0.25) is 9.59 Å². The van der Waals surface area contributed by atoms with Crippen molar-refractivity contribution in [3.05, 3.63) is 95.6 Å². The lowest BCUT2D eigenvalue weighted by Crippen LogP contribution is -2.28. The van der Waals surface area contributed by atoms with Gasteiger partial charge < -0.3 is 15.2 Å². The van der Waals surface area contributed by atoms with Crippen LogP contribution in [0.3, 0.4) is 0 Å². The summed E-state index contributed by atoms with van der Waals surface area (Å²) in [6.07, 6.45) is 0. The summed E-state index contributed by atoms with van der Waals surface area (Å²) in [6, 6.07) is 24.6. The van der Waals surface area contributed by atoms with E-state index in [-0.39, 0.29) is 23.6 Å². The predicted octanol–water partition coefficient (Wildman–Crippen LogP) is 5.01. The van der Waals surface area contributed by atoms with E-state index < -0.39 is 0 Å². The van der Waals surface area contributed by atoms with Crippen molar-refractivity contribution in [1.82, 2.24) is 20.1 Å². The third-order valence-electron chi connectivity index (χ3n) is 5.57. The molecule has 0 bridgehead atoms. The van der Waals surface area contributed by atoms with E-state index in [9.17, 15) is 9.59 Å². The molecule has 2 N–H and O–H groups in total. The minimum absolute atomic E-state index is 0.135. The van der Waals surface area contributed by atoms with Gasteiger partial charge in [0.2, 0.25) is 5.91 Å². The first kappa shape index (κ1) is 24.2. The Morgan fingerprint density at radius 2 is 1.63 bits per heavy atom. The second-order valence-electron chi connectivity index (χ2n) is 8.22. The molecule has 1 heterocycles. The molecule has 0 spiro atoms. The molecule has 0 aliphatic rings. The van der Waals surface area contributed by atoms with Crippen LogP contribution in [0.5, 0.6) is 0 Å². The first-order valence-electron chi connectivity index (χ1n) is 11.3. The number of rotatable bonds is 8. The third kappa shape index (κ3) is 5.96. The summed E-state index contributed by atoms with van der Waals surface area (Å²) in [7, 11) is 1.88. The summed E-state index contributed by atoms with van der Waals surface area (Å²) < 4.78 is 1.87. The van der Waals surface area contributed by atoms with Gasteiger partial charge in [0.1, 0.15) is 0 Å². The average molecular weight is 486 g/mol. The molecule has 1 unspecified atom stereocenters. The molecule has 4 rings (SSSR count). The normalized spacial score (nSPS) is 11.6. The maximum atomic E-state index is 12.9. The van der Waals surface area contributed by atoms with Crippen LogP contribution in [0, 0.1) is 6.92 Å². The molecule has 0 aliphatic heterocycles. The zero-order chi connectivity index (χ0) is 24.8. The van der Waals surface area contributed by atoms with Crippen molar-refractivity contribution in [3.63, 3.8) is 0 Å². The predicted molar refractivity (Wildman–Crippen MR) is 139 cm³/mol. The highest BCUT2D eigenvalue weighted by atomic mass is 32.2. The van der Waals surface area contributed by atoms with Gasteiger partial charge in [0.25, 0.3) is 5.91 Å². The van der Waals surface area contributed by atoms with Gasteiger partial charge in [0.15, 0.2) is 11.0 Å². The lowest BCUT2D eigenvalue weighted by molar-refractivity contribution is -0.113. The van der Waals surface area contributed by atoms with Crippen molar-refractivity contribution >= 4 is 29.3 Å². The molecular formula is C27H27N5O2S. The van der Waals surface area contributed by atoms with Gasteiger partial charge >= 0.3 is 0 Å². The molecule has 0 aliphatic carbocycles. The highest BCUT2D eigenvalue weighted by Gasteiger charge is 2.17. The molecule has 2 amide bonds. The fraction of sp³-hybridized carbons (Fsp3) is 0.185. The van der Waals surface area contributed by atoms with Gasteiger partial charge in [-0.25, -0.2) is 0 Å². The molecule has 0 saturated carbocycles. The van der Waals surface area contributed by atoms with Crippen LogP contribution in [0.15, 0.2) is 84.0 Å². The Bertz CT molecular complexity index is 1320. The fourth-order valence-electron chi connectivity index (χ4n) is 3.60. The van der Waals surface area contributed by atoms with Gasteiger partial charge in [-0.05, 0) is 31.5 Å². The van der Waals surface area contributed by atoms with Crippen molar-refractivity contribution in [2.24, 2.45) is 7.05 Å². The molecule has 0 saturated heterocycles. The second kappa shape index (κ2) is 11.0. The standard InChI is InChI=1S/C27H27N5O2S/c1-18-13-15-21(16-14-18)25-30-31-27(32(25)3)35-17-24(33)29-23-12-8-7-11-22(23)26(34)28-19(2)20-9-5-4-6-10-20/h4-16,19H,17H2,1-3H3,(H,28,34)(H,29,33). The minimum Gasteiger partial charge on any atom is -0.345 e. The molecule has 7 nitrogen and oxygen atoms in total. The minimum atomic E-state index is -0.249. The zero-order valence-electron chi connectivity index (χ0n) is 19.9. The highest BCUT2D eigenvalue weighted by Crippen LogP contribution is 2.24. The number of aryl methyl sites for hydroxylation is 1. The first-order chi connectivity index (χ1) is 16.9. The molecule has 0 fully saturated rings. The first-order valence-corrected chi connectivity index (χ1v) is 12.2. The maximum absolute atomic E-state index is 12.9. The Morgan fingerprint density at radius 1 is 0.943 bits per heavy atom. The van der Waals surface area contributed by atoms with Crippen LogP contribution in [0.4, 0.5) is 5.69 Å². The number of nitrogens with zero attached hydrogens (tertiary/aromatic N) is 3. The summed E-state index contributed by atoms with van der Waals surface area (Å²) in [6.45, 7) is 3.96. The monoisotopic (exact) mass is 485 g/mol. The van der Waals surface area contributed by atoms with Gasteiger partial charge in [-0.1, -0.05) is 84.1 Å². The van der Waals surface area contributed by atoms with E-state index in [4.69, 9.17) is 0 Å². The second-order valence-corrected chi connectivity index (χ2v) is 9.16. The number of thioether (sulfide) groups is 1. The van der Waals surface area contributed by atoms with Crippen LogP contribution in [0.2, 0.25) is 0 Å². The number of hydrogen-bond donors (Lipinski definition) is 2. The molecule has 8 heteroatoms. The molecule has 1 atom stereocenters. The van der Waals surface area contributed by atoms with E-state index in [0.717, 1.165) is 17.0 Å². The summed E-state index contributed by atoms with van der Waals surface area (Å²) in [5.41, 5.74) is 4.02. The molecule has 35 heavy (non-hydrogen) atoms. The van der Waals surface area contributed by atoms with Crippen LogP contribution in [-0.2, 0) is 11.8 Å². The van der Waals surface area contributed by atoms with Crippen LogP contribution < -0.4 is 10.6 Å². The van der Waals surface area contributed by atoms with Gasteiger partial charge in [0.05, 0.1) is 23.0 Å². The van der Waals surface area contributed by atoms with Crippen molar-refractivity contribution in [2.45, 2.75) is 25.0 Å². The Balaban J connectivity index is 1.39. The summed E-state index contributed by atoms with van der Waals surface area (Å²) >= 11 is 1.29. The van der Waals surface area contributed by atoms with E-state index in [1.165, 1.54) is 17.3 Å². The number of nitrogens with one attached hydrogen (secondary N) is 2. The van der Waals surface area contributed by atoms with Crippen molar-refractivity contribution in [3.8, 4) is 11.4 Å². The highest BCUT2D eigenvalue weighted by molar-refractivity contribution is 7.99. The number of anilines is 1. The van der Waals surface area contributed by atoms with Crippen molar-refractivity contribution in [2.75, 3.05) is 11.1 Å². The van der Waals surface area contributed by atoms with E-state index >= 15 is 0 Å². The summed E-state index contributed by atoms with van der Waals surface area (Å²) in [5.74, 6) is 0.394. The third-order valence-corrected chi connectivity index (χ3v) is 6.59. The topological polar surface area (TPSA) is 88.9 Å². The molecule has 3 aromatic carbocycles. The number of carbonyl (C=O) groups excluding carboxylic acids is 2. The van der Waals surface area contributed by atoms with E-state index in [1.54, 1.807) is 24.3 Å². The Labute approximate surface area is 209 Å². The van der Waals surface area contributed by atoms with E-state index in [2.05, 4.69) is 20.8 Å². The van der Waals surface area contributed by atoms with Crippen LogP contribution in [0.25, 0.3) is 11.4 Å². The number of hydrogen-bond acceptors (Lipinski definition) is 5. The number of benzene rings is 3. The largest absolute Gasteiger partial charge is 0.345 e. The molecule has 0 radical (unpaired) electrons. The Kier molecular flexibility index (Phi) is 7.62. The quantitative estimate of drug-likeness (QED) is 0.343. The zero-order valence-corrected chi connectivity index (χ0v) is 20.7. The number of amides is 2. The Hall–Kier alpha value is -3.91. The average Bonchev–Trinajstić information content (AvgIpc) is 3.24. The lowest BCUT2D eigenvalue weighted by atomic mass is 10.1. The maximum Gasteiger partial charge on any atom is 0.253 e. The number of para-hydroxylation sites is 1. The summed E-state index contributed by atoms with van der Waals surface area (Å²) in [5, 5.41) is 15.0. The van der Waals surface area contributed by atoms with Gasteiger partial charge in [-0.2, -0.15) is 0 Å². The van der Waals surface area contributed by atoms with Crippen LogP contribution in [-0.4, -0.2) is 32.3 Å². The van der Waals surface area contributed by atoms with Crippen LogP contribution in [0.1, 0.15) is 34.5 Å². The Morgan fingerprint density at radius 3 is 2.37 bits per heavy atom. The van der Waals surface area contributed by atoms with E-state index in [1.807, 2.05) is 80.1 Å².